The summed E-state index contributed by atoms with van der Waals surface area (Å²) in [6, 6.07) is 9.83. The van der Waals surface area contributed by atoms with Crippen molar-refractivity contribution in [1.82, 2.24) is 15.2 Å². The summed E-state index contributed by atoms with van der Waals surface area (Å²) in [5.41, 5.74) is 4.04. The molecule has 0 amide bonds. The molecule has 120 valence electrons. The van der Waals surface area contributed by atoms with Crippen LogP contribution in [0.25, 0.3) is 22.4 Å². The maximum Gasteiger partial charge on any atom is 0.307 e. The van der Waals surface area contributed by atoms with Gasteiger partial charge in [-0.25, -0.2) is 4.39 Å². The first-order valence-corrected chi connectivity index (χ1v) is 7.62. The highest BCUT2D eigenvalue weighted by atomic mass is 19.1. The third kappa shape index (κ3) is 2.46. The monoisotopic (exact) mass is 323 g/mol. The minimum atomic E-state index is -0.793. The number of hydrogen-bond acceptors (Lipinski definition) is 3. The third-order valence-corrected chi connectivity index (χ3v) is 4.36. The van der Waals surface area contributed by atoms with Crippen molar-refractivity contribution in [2.75, 3.05) is 0 Å². The fourth-order valence-electron chi connectivity index (χ4n) is 3.04. The van der Waals surface area contributed by atoms with Gasteiger partial charge < -0.3 is 5.11 Å². The first-order valence-electron chi connectivity index (χ1n) is 7.62. The summed E-state index contributed by atoms with van der Waals surface area (Å²) in [5, 5.41) is 16.6. The van der Waals surface area contributed by atoms with Crippen LogP contribution in [0.15, 0.2) is 48.8 Å². The van der Waals surface area contributed by atoms with Crippen LogP contribution in [0, 0.1) is 11.7 Å². The van der Waals surface area contributed by atoms with Crippen LogP contribution in [-0.4, -0.2) is 26.3 Å². The molecule has 24 heavy (non-hydrogen) atoms. The van der Waals surface area contributed by atoms with Crippen LogP contribution in [0.3, 0.4) is 0 Å². The van der Waals surface area contributed by atoms with Gasteiger partial charge in [-0.1, -0.05) is 0 Å². The first-order chi connectivity index (χ1) is 11.6. The van der Waals surface area contributed by atoms with E-state index < -0.39 is 5.97 Å². The second-order valence-electron chi connectivity index (χ2n) is 5.89. The number of nitrogens with zero attached hydrogens (tertiary/aromatic N) is 2. The topological polar surface area (TPSA) is 78.9 Å². The molecule has 1 aromatic carbocycles. The number of carbonyl (C=O) groups is 1. The van der Waals surface area contributed by atoms with E-state index in [1.165, 1.54) is 12.1 Å². The van der Waals surface area contributed by atoms with E-state index in [-0.39, 0.29) is 17.7 Å². The summed E-state index contributed by atoms with van der Waals surface area (Å²) in [6.07, 6.45) is 3.96. The number of carboxylic acid groups (broad SMARTS) is 1. The molecule has 6 heteroatoms. The SMILES string of the molecule is O=C(O)C1CC1c1[nH]nc(-c2ccc(F)cc2)c1-c1ccncc1. The van der Waals surface area contributed by atoms with Crippen molar-refractivity contribution < 1.29 is 14.3 Å². The van der Waals surface area contributed by atoms with E-state index in [9.17, 15) is 14.3 Å². The van der Waals surface area contributed by atoms with Gasteiger partial charge in [-0.2, -0.15) is 5.10 Å². The molecule has 1 fully saturated rings. The highest BCUT2D eigenvalue weighted by Crippen LogP contribution is 2.51. The predicted octanol–water partition coefficient (Wildman–Crippen LogP) is 3.47. The normalized spacial score (nSPS) is 19.2. The summed E-state index contributed by atoms with van der Waals surface area (Å²) < 4.78 is 13.2. The van der Waals surface area contributed by atoms with Gasteiger partial charge in [-0.3, -0.25) is 14.9 Å². The van der Waals surface area contributed by atoms with Gasteiger partial charge >= 0.3 is 5.97 Å². The van der Waals surface area contributed by atoms with E-state index in [2.05, 4.69) is 15.2 Å². The number of hydrogen-bond donors (Lipinski definition) is 2. The number of aliphatic carboxylic acids is 1. The minimum absolute atomic E-state index is 0.0765. The second-order valence-corrected chi connectivity index (χ2v) is 5.89. The quantitative estimate of drug-likeness (QED) is 0.770. The predicted molar refractivity (Wildman–Crippen MR) is 85.7 cm³/mol. The molecule has 0 spiro atoms. The summed E-state index contributed by atoms with van der Waals surface area (Å²) in [7, 11) is 0. The van der Waals surface area contributed by atoms with Gasteiger partial charge in [0.25, 0.3) is 0 Å². The van der Waals surface area contributed by atoms with Crippen molar-refractivity contribution in [3.05, 3.63) is 60.3 Å². The number of halogens is 1. The van der Waals surface area contributed by atoms with Crippen molar-refractivity contribution in [3.63, 3.8) is 0 Å². The zero-order valence-corrected chi connectivity index (χ0v) is 12.6. The van der Waals surface area contributed by atoms with Crippen molar-refractivity contribution in [1.29, 1.82) is 0 Å². The largest absolute Gasteiger partial charge is 0.481 e. The number of carboxylic acids is 1. The van der Waals surface area contributed by atoms with Gasteiger partial charge in [0.15, 0.2) is 0 Å². The maximum atomic E-state index is 13.2. The highest BCUT2D eigenvalue weighted by molar-refractivity contribution is 5.84. The van der Waals surface area contributed by atoms with Crippen molar-refractivity contribution in [3.8, 4) is 22.4 Å². The standard InChI is InChI=1S/C18H14FN3O2/c19-12-3-1-11(2-4-12)16-15(10-5-7-20-8-6-10)17(22-21-16)13-9-14(13)18(23)24/h1-8,13-14H,9H2,(H,21,22)(H,23,24). The summed E-state index contributed by atoms with van der Waals surface area (Å²) in [6.45, 7) is 0. The molecule has 2 unspecified atom stereocenters. The smallest absolute Gasteiger partial charge is 0.307 e. The number of pyridine rings is 1. The summed E-state index contributed by atoms with van der Waals surface area (Å²) in [5.74, 6) is -1.56. The average molecular weight is 323 g/mol. The van der Waals surface area contributed by atoms with Crippen LogP contribution in [0.5, 0.6) is 0 Å². The Balaban J connectivity index is 1.84. The molecule has 0 aliphatic heterocycles. The lowest BCUT2D eigenvalue weighted by Gasteiger charge is -2.06. The van der Waals surface area contributed by atoms with E-state index >= 15 is 0 Å². The molecule has 0 bridgehead atoms. The Morgan fingerprint density at radius 3 is 2.46 bits per heavy atom. The Bertz CT molecular complexity index is 890. The molecular weight excluding hydrogens is 309 g/mol. The molecule has 5 nitrogen and oxygen atoms in total. The lowest BCUT2D eigenvalue weighted by atomic mass is 9.97. The zero-order valence-electron chi connectivity index (χ0n) is 12.6. The number of H-pyrrole nitrogens is 1. The van der Waals surface area contributed by atoms with Gasteiger partial charge in [-0.05, 0) is 48.4 Å². The van der Waals surface area contributed by atoms with E-state index in [1.54, 1.807) is 24.5 Å². The number of aromatic amines is 1. The van der Waals surface area contributed by atoms with Crippen LogP contribution in [-0.2, 0) is 4.79 Å². The van der Waals surface area contributed by atoms with Crippen molar-refractivity contribution in [2.45, 2.75) is 12.3 Å². The number of rotatable bonds is 4. The molecule has 2 aromatic heterocycles. The third-order valence-electron chi connectivity index (χ3n) is 4.36. The van der Waals surface area contributed by atoms with Crippen molar-refractivity contribution in [2.24, 2.45) is 5.92 Å². The van der Waals surface area contributed by atoms with E-state index in [4.69, 9.17) is 0 Å². The zero-order chi connectivity index (χ0) is 16.7. The number of benzene rings is 1. The molecule has 2 N–H and O–H groups in total. The first kappa shape index (κ1) is 14.6. The molecule has 4 rings (SSSR count). The van der Waals surface area contributed by atoms with Gasteiger partial charge in [-0.15, -0.1) is 0 Å². The molecule has 2 atom stereocenters. The Kier molecular flexibility index (Phi) is 3.37. The Hall–Kier alpha value is -3.02. The molecule has 1 aliphatic carbocycles. The molecule has 2 heterocycles. The molecule has 3 aromatic rings. The van der Waals surface area contributed by atoms with E-state index in [0.717, 1.165) is 22.4 Å². The van der Waals surface area contributed by atoms with Gasteiger partial charge in [0, 0.05) is 35.1 Å². The van der Waals surface area contributed by atoms with Crippen LogP contribution in [0.4, 0.5) is 4.39 Å². The average Bonchev–Trinajstić information content (AvgIpc) is 3.28. The van der Waals surface area contributed by atoms with Crippen LogP contribution < -0.4 is 0 Å². The van der Waals surface area contributed by atoms with Gasteiger partial charge in [0.2, 0.25) is 0 Å². The van der Waals surface area contributed by atoms with Gasteiger partial charge in [0.05, 0.1) is 5.92 Å². The minimum Gasteiger partial charge on any atom is -0.481 e. The van der Waals surface area contributed by atoms with Crippen LogP contribution in [0.1, 0.15) is 18.0 Å². The van der Waals surface area contributed by atoms with Crippen molar-refractivity contribution >= 4 is 5.97 Å². The second kappa shape index (κ2) is 5.56. The maximum absolute atomic E-state index is 13.2. The summed E-state index contributed by atoms with van der Waals surface area (Å²) in [4.78, 5) is 15.2. The Morgan fingerprint density at radius 2 is 1.83 bits per heavy atom. The lowest BCUT2D eigenvalue weighted by molar-refractivity contribution is -0.138. The molecule has 0 saturated heterocycles. The van der Waals surface area contributed by atoms with Gasteiger partial charge in [0.1, 0.15) is 11.5 Å². The molecular formula is C18H14FN3O2. The Labute approximate surface area is 137 Å². The molecule has 1 saturated carbocycles. The number of nitrogens with one attached hydrogen (secondary N) is 1. The number of aromatic nitrogens is 3. The summed E-state index contributed by atoms with van der Waals surface area (Å²) >= 11 is 0. The van der Waals surface area contributed by atoms with Crippen LogP contribution in [0.2, 0.25) is 0 Å². The fourth-order valence-corrected chi connectivity index (χ4v) is 3.04. The molecule has 0 radical (unpaired) electrons. The lowest BCUT2D eigenvalue weighted by Crippen LogP contribution is -1.99. The van der Waals surface area contributed by atoms with E-state index in [1.807, 2.05) is 12.1 Å². The van der Waals surface area contributed by atoms with E-state index in [0.29, 0.717) is 12.1 Å². The van der Waals surface area contributed by atoms with Crippen LogP contribution >= 0.6 is 0 Å². The Morgan fingerprint density at radius 1 is 1.12 bits per heavy atom. The highest BCUT2D eigenvalue weighted by Gasteiger charge is 2.47. The fraction of sp³-hybridized carbons (Fsp3) is 0.167. The molecule has 1 aliphatic rings.